The molecular weight excluding hydrogens is 246 g/mol. The predicted molar refractivity (Wildman–Crippen MR) is 84.4 cm³/mol. The fraction of sp³-hybridized carbons (Fsp3) is 0.471. The molecule has 0 aliphatic heterocycles. The SMILES string of the molecule is CC(C)CN(Cc1cn[nH]c1-c1ccccc1)C(C)C. The fourth-order valence-electron chi connectivity index (χ4n) is 2.43. The lowest BCUT2D eigenvalue weighted by molar-refractivity contribution is 0.189. The summed E-state index contributed by atoms with van der Waals surface area (Å²) in [5.41, 5.74) is 3.61. The number of aromatic nitrogens is 2. The van der Waals surface area contributed by atoms with Crippen LogP contribution in [-0.4, -0.2) is 27.7 Å². The number of nitrogens with zero attached hydrogens (tertiary/aromatic N) is 2. The van der Waals surface area contributed by atoms with Gasteiger partial charge in [0, 0.05) is 24.7 Å². The minimum Gasteiger partial charge on any atom is -0.296 e. The van der Waals surface area contributed by atoms with Crippen LogP contribution in [0.1, 0.15) is 33.3 Å². The van der Waals surface area contributed by atoms with Crippen molar-refractivity contribution in [3.63, 3.8) is 0 Å². The lowest BCUT2D eigenvalue weighted by Crippen LogP contribution is -2.33. The molecule has 0 aliphatic carbocycles. The first-order valence-corrected chi connectivity index (χ1v) is 7.39. The lowest BCUT2D eigenvalue weighted by Gasteiger charge is -2.28. The molecule has 108 valence electrons. The van der Waals surface area contributed by atoms with Gasteiger partial charge in [0.2, 0.25) is 0 Å². The van der Waals surface area contributed by atoms with E-state index in [-0.39, 0.29) is 0 Å². The Bertz CT molecular complexity index is 514. The first-order valence-electron chi connectivity index (χ1n) is 7.39. The zero-order valence-electron chi connectivity index (χ0n) is 12.9. The standard InChI is InChI=1S/C17H25N3/c1-13(2)11-20(14(3)4)12-16-10-18-19-17(16)15-8-6-5-7-9-15/h5-10,13-14H,11-12H2,1-4H3,(H,18,19). The van der Waals surface area contributed by atoms with Gasteiger partial charge in [0.15, 0.2) is 0 Å². The summed E-state index contributed by atoms with van der Waals surface area (Å²) < 4.78 is 0. The van der Waals surface area contributed by atoms with Gasteiger partial charge in [-0.1, -0.05) is 44.2 Å². The van der Waals surface area contributed by atoms with Crippen molar-refractivity contribution in [1.82, 2.24) is 15.1 Å². The highest BCUT2D eigenvalue weighted by molar-refractivity contribution is 5.62. The third-order valence-electron chi connectivity index (χ3n) is 3.48. The molecule has 0 aliphatic rings. The molecule has 0 unspecified atom stereocenters. The molecule has 0 bridgehead atoms. The third-order valence-corrected chi connectivity index (χ3v) is 3.48. The van der Waals surface area contributed by atoms with Crippen LogP contribution in [-0.2, 0) is 6.54 Å². The second-order valence-electron chi connectivity index (χ2n) is 6.05. The summed E-state index contributed by atoms with van der Waals surface area (Å²) in [5.74, 6) is 0.671. The van der Waals surface area contributed by atoms with Gasteiger partial charge in [-0.2, -0.15) is 5.10 Å². The van der Waals surface area contributed by atoms with Gasteiger partial charge in [0.1, 0.15) is 0 Å². The fourth-order valence-corrected chi connectivity index (χ4v) is 2.43. The van der Waals surface area contributed by atoms with Gasteiger partial charge in [-0.3, -0.25) is 10.00 Å². The van der Waals surface area contributed by atoms with Crippen LogP contribution >= 0.6 is 0 Å². The first-order chi connectivity index (χ1) is 9.58. The Balaban J connectivity index is 2.19. The summed E-state index contributed by atoms with van der Waals surface area (Å²) in [5, 5.41) is 7.38. The minimum atomic E-state index is 0.538. The van der Waals surface area contributed by atoms with Crippen LogP contribution in [0.2, 0.25) is 0 Å². The van der Waals surface area contributed by atoms with E-state index in [0.717, 1.165) is 18.8 Å². The molecule has 3 heteroatoms. The Morgan fingerprint density at radius 1 is 1.10 bits per heavy atom. The lowest BCUT2D eigenvalue weighted by atomic mass is 10.1. The van der Waals surface area contributed by atoms with Crippen molar-refractivity contribution in [3.05, 3.63) is 42.1 Å². The van der Waals surface area contributed by atoms with E-state index >= 15 is 0 Å². The monoisotopic (exact) mass is 271 g/mol. The number of aromatic amines is 1. The van der Waals surface area contributed by atoms with Crippen LogP contribution in [0.4, 0.5) is 0 Å². The third kappa shape index (κ3) is 3.70. The molecule has 0 atom stereocenters. The highest BCUT2D eigenvalue weighted by Gasteiger charge is 2.15. The summed E-state index contributed by atoms with van der Waals surface area (Å²) in [6.07, 6.45) is 1.96. The normalized spacial score (nSPS) is 11.8. The number of hydrogen-bond acceptors (Lipinski definition) is 2. The van der Waals surface area contributed by atoms with Crippen molar-refractivity contribution in [2.75, 3.05) is 6.54 Å². The van der Waals surface area contributed by atoms with Gasteiger partial charge in [-0.25, -0.2) is 0 Å². The Morgan fingerprint density at radius 3 is 2.40 bits per heavy atom. The highest BCUT2D eigenvalue weighted by Crippen LogP contribution is 2.22. The maximum Gasteiger partial charge on any atom is 0.0695 e. The van der Waals surface area contributed by atoms with E-state index in [1.165, 1.54) is 11.1 Å². The van der Waals surface area contributed by atoms with Crippen molar-refractivity contribution in [2.45, 2.75) is 40.3 Å². The largest absolute Gasteiger partial charge is 0.296 e. The number of hydrogen-bond donors (Lipinski definition) is 1. The molecule has 0 amide bonds. The molecule has 0 spiro atoms. The van der Waals surface area contributed by atoms with E-state index in [1.807, 2.05) is 12.3 Å². The molecular formula is C17H25N3. The van der Waals surface area contributed by atoms with Crippen molar-refractivity contribution >= 4 is 0 Å². The number of rotatable bonds is 6. The van der Waals surface area contributed by atoms with Crippen LogP contribution in [0.3, 0.4) is 0 Å². The maximum atomic E-state index is 4.24. The van der Waals surface area contributed by atoms with Gasteiger partial charge >= 0.3 is 0 Å². The van der Waals surface area contributed by atoms with Crippen LogP contribution < -0.4 is 0 Å². The second kappa shape index (κ2) is 6.71. The van der Waals surface area contributed by atoms with Crippen LogP contribution in [0.25, 0.3) is 11.3 Å². The van der Waals surface area contributed by atoms with Gasteiger partial charge in [0.25, 0.3) is 0 Å². The molecule has 0 fully saturated rings. The molecule has 2 rings (SSSR count). The van der Waals surface area contributed by atoms with Crippen molar-refractivity contribution in [2.24, 2.45) is 5.92 Å². The van der Waals surface area contributed by atoms with E-state index < -0.39 is 0 Å². The van der Waals surface area contributed by atoms with Crippen molar-refractivity contribution < 1.29 is 0 Å². The van der Waals surface area contributed by atoms with Crippen LogP contribution in [0.5, 0.6) is 0 Å². The van der Waals surface area contributed by atoms with E-state index in [1.54, 1.807) is 0 Å². The Morgan fingerprint density at radius 2 is 1.80 bits per heavy atom. The van der Waals surface area contributed by atoms with Crippen LogP contribution in [0.15, 0.2) is 36.5 Å². The predicted octanol–water partition coefficient (Wildman–Crippen LogP) is 3.94. The second-order valence-corrected chi connectivity index (χ2v) is 6.05. The number of nitrogens with one attached hydrogen (secondary N) is 1. The molecule has 1 aromatic carbocycles. The van der Waals surface area contributed by atoms with Crippen molar-refractivity contribution in [3.8, 4) is 11.3 Å². The molecule has 0 radical (unpaired) electrons. The molecule has 2 aromatic rings. The van der Waals surface area contributed by atoms with Gasteiger partial charge in [-0.05, 0) is 25.3 Å². The number of benzene rings is 1. The Labute approximate surface area is 122 Å². The van der Waals surface area contributed by atoms with Crippen molar-refractivity contribution in [1.29, 1.82) is 0 Å². The average Bonchev–Trinajstić information content (AvgIpc) is 2.86. The topological polar surface area (TPSA) is 31.9 Å². The summed E-state index contributed by atoms with van der Waals surface area (Å²) in [6, 6.07) is 11.0. The molecule has 1 aromatic heterocycles. The van der Waals surface area contributed by atoms with E-state index in [2.05, 4.69) is 67.1 Å². The molecule has 1 heterocycles. The zero-order valence-corrected chi connectivity index (χ0v) is 12.9. The Hall–Kier alpha value is -1.61. The smallest absolute Gasteiger partial charge is 0.0695 e. The van der Waals surface area contributed by atoms with Gasteiger partial charge < -0.3 is 0 Å². The maximum absolute atomic E-state index is 4.24. The summed E-state index contributed by atoms with van der Waals surface area (Å²) in [7, 11) is 0. The molecule has 20 heavy (non-hydrogen) atoms. The van der Waals surface area contributed by atoms with E-state index in [0.29, 0.717) is 12.0 Å². The van der Waals surface area contributed by atoms with Gasteiger partial charge in [0.05, 0.1) is 11.9 Å². The summed E-state index contributed by atoms with van der Waals surface area (Å²) >= 11 is 0. The van der Waals surface area contributed by atoms with Crippen LogP contribution in [0, 0.1) is 5.92 Å². The molecule has 0 saturated heterocycles. The van der Waals surface area contributed by atoms with E-state index in [9.17, 15) is 0 Å². The number of H-pyrrole nitrogens is 1. The minimum absolute atomic E-state index is 0.538. The first kappa shape index (κ1) is 14.8. The summed E-state index contributed by atoms with van der Waals surface area (Å²) in [4.78, 5) is 2.50. The zero-order chi connectivity index (χ0) is 14.5. The highest BCUT2D eigenvalue weighted by atomic mass is 15.2. The van der Waals surface area contributed by atoms with Gasteiger partial charge in [-0.15, -0.1) is 0 Å². The molecule has 3 nitrogen and oxygen atoms in total. The average molecular weight is 271 g/mol. The molecule has 1 N–H and O–H groups in total. The summed E-state index contributed by atoms with van der Waals surface area (Å²) in [6.45, 7) is 11.1. The van der Waals surface area contributed by atoms with E-state index in [4.69, 9.17) is 0 Å². The molecule has 0 saturated carbocycles. The quantitative estimate of drug-likeness (QED) is 0.863. The Kier molecular flexibility index (Phi) is 4.96.